The van der Waals surface area contributed by atoms with Crippen LogP contribution < -0.4 is 0 Å². The Kier molecular flexibility index (Phi) is 5.58. The molecule has 0 bridgehead atoms. The molecule has 0 spiro atoms. The van der Waals surface area contributed by atoms with Crippen molar-refractivity contribution in [2.45, 2.75) is 32.7 Å². The smallest absolute Gasteiger partial charge is 0.124 e. The molecule has 108 valence electrons. The lowest BCUT2D eigenvalue weighted by molar-refractivity contribution is 0.185. The first kappa shape index (κ1) is 15.0. The Bertz CT molecular complexity index is 495. The predicted octanol–water partition coefficient (Wildman–Crippen LogP) is 2.79. The van der Waals surface area contributed by atoms with E-state index in [0.717, 1.165) is 31.1 Å². The van der Waals surface area contributed by atoms with E-state index in [1.165, 1.54) is 18.9 Å². The van der Waals surface area contributed by atoms with E-state index in [9.17, 15) is 4.39 Å². The number of rotatable bonds is 3. The second-order valence-corrected chi connectivity index (χ2v) is 5.58. The molecule has 0 amide bonds. The molecule has 2 rings (SSSR count). The molecule has 1 fully saturated rings. The van der Waals surface area contributed by atoms with E-state index in [1.54, 1.807) is 6.07 Å². The van der Waals surface area contributed by atoms with Crippen LogP contribution >= 0.6 is 0 Å². The van der Waals surface area contributed by atoms with Crippen LogP contribution in [0.25, 0.3) is 0 Å². The molecule has 3 heteroatoms. The van der Waals surface area contributed by atoms with Gasteiger partial charge in [-0.1, -0.05) is 18.8 Å². The van der Waals surface area contributed by atoms with Crippen LogP contribution in [0.5, 0.6) is 0 Å². The number of aliphatic hydroxyl groups excluding tert-OH is 1. The van der Waals surface area contributed by atoms with Crippen LogP contribution in [0.3, 0.4) is 0 Å². The third kappa shape index (κ3) is 4.63. The summed E-state index contributed by atoms with van der Waals surface area (Å²) >= 11 is 0. The molecule has 0 atom stereocenters. The zero-order valence-electron chi connectivity index (χ0n) is 12.0. The molecule has 2 nitrogen and oxygen atoms in total. The van der Waals surface area contributed by atoms with Crippen LogP contribution in [0.2, 0.25) is 0 Å². The van der Waals surface area contributed by atoms with Gasteiger partial charge >= 0.3 is 0 Å². The Morgan fingerprint density at radius 3 is 2.75 bits per heavy atom. The molecule has 0 saturated carbocycles. The van der Waals surface area contributed by atoms with E-state index in [4.69, 9.17) is 5.11 Å². The Morgan fingerprint density at radius 2 is 2.05 bits per heavy atom. The highest BCUT2D eigenvalue weighted by molar-refractivity contribution is 5.37. The van der Waals surface area contributed by atoms with Crippen molar-refractivity contribution in [1.82, 2.24) is 4.90 Å². The molecule has 1 N–H and O–H groups in total. The van der Waals surface area contributed by atoms with E-state index < -0.39 is 0 Å². The highest BCUT2D eigenvalue weighted by Crippen LogP contribution is 2.19. The summed E-state index contributed by atoms with van der Waals surface area (Å²) in [7, 11) is 0. The van der Waals surface area contributed by atoms with Gasteiger partial charge in [0.2, 0.25) is 0 Å². The molecular formula is C17H22FNO. The second-order valence-electron chi connectivity index (χ2n) is 5.58. The number of hydrogen-bond acceptors (Lipinski definition) is 2. The van der Waals surface area contributed by atoms with Crippen LogP contribution in [0, 0.1) is 23.6 Å². The quantitative estimate of drug-likeness (QED) is 0.857. The van der Waals surface area contributed by atoms with Gasteiger partial charge in [-0.3, -0.25) is 4.90 Å². The predicted molar refractivity (Wildman–Crippen MR) is 78.7 cm³/mol. The second kappa shape index (κ2) is 7.42. The number of hydrogen-bond donors (Lipinski definition) is 1. The SMILES string of the molecule is CC1CCN(Cc2cc(F)cc(C#CCCO)c2)CC1. The van der Waals surface area contributed by atoms with Crippen LogP contribution in [-0.2, 0) is 6.54 Å². The van der Waals surface area contributed by atoms with Gasteiger partial charge in [-0.25, -0.2) is 4.39 Å². The number of halogens is 1. The minimum atomic E-state index is -0.235. The molecule has 1 heterocycles. The average Bonchev–Trinajstić information content (AvgIpc) is 2.41. The van der Waals surface area contributed by atoms with Gasteiger partial charge in [-0.05, 0) is 55.6 Å². The Morgan fingerprint density at radius 1 is 1.30 bits per heavy atom. The van der Waals surface area contributed by atoms with Gasteiger partial charge < -0.3 is 5.11 Å². The van der Waals surface area contributed by atoms with E-state index in [2.05, 4.69) is 23.7 Å². The summed E-state index contributed by atoms with van der Waals surface area (Å²) in [6.07, 6.45) is 2.87. The molecule has 1 aliphatic rings. The number of nitrogens with zero attached hydrogens (tertiary/aromatic N) is 1. The zero-order chi connectivity index (χ0) is 14.4. The van der Waals surface area contributed by atoms with Gasteiger partial charge in [0.15, 0.2) is 0 Å². The van der Waals surface area contributed by atoms with Gasteiger partial charge in [-0.15, -0.1) is 0 Å². The Hall–Kier alpha value is -1.37. The summed E-state index contributed by atoms with van der Waals surface area (Å²) in [6, 6.07) is 4.99. The average molecular weight is 275 g/mol. The fourth-order valence-electron chi connectivity index (χ4n) is 2.51. The third-order valence-corrected chi connectivity index (χ3v) is 3.71. The lowest BCUT2D eigenvalue weighted by Crippen LogP contribution is -2.32. The summed E-state index contributed by atoms with van der Waals surface area (Å²) in [4.78, 5) is 2.37. The summed E-state index contributed by atoms with van der Waals surface area (Å²) in [5.74, 6) is 6.31. The van der Waals surface area contributed by atoms with Crippen molar-refractivity contribution >= 4 is 0 Å². The van der Waals surface area contributed by atoms with Gasteiger partial charge in [-0.2, -0.15) is 0 Å². The monoisotopic (exact) mass is 275 g/mol. The maximum atomic E-state index is 13.6. The maximum Gasteiger partial charge on any atom is 0.124 e. The number of aliphatic hydroxyl groups is 1. The molecule has 1 aromatic rings. The van der Waals surface area contributed by atoms with Crippen molar-refractivity contribution in [1.29, 1.82) is 0 Å². The largest absolute Gasteiger partial charge is 0.395 e. The lowest BCUT2D eigenvalue weighted by Gasteiger charge is -2.30. The van der Waals surface area contributed by atoms with E-state index in [1.807, 2.05) is 6.07 Å². The van der Waals surface area contributed by atoms with Gasteiger partial charge in [0.25, 0.3) is 0 Å². The molecule has 1 saturated heterocycles. The van der Waals surface area contributed by atoms with E-state index >= 15 is 0 Å². The minimum absolute atomic E-state index is 0.0428. The minimum Gasteiger partial charge on any atom is -0.395 e. The third-order valence-electron chi connectivity index (χ3n) is 3.71. The maximum absolute atomic E-state index is 13.6. The van der Waals surface area contributed by atoms with Crippen LogP contribution in [-0.4, -0.2) is 29.7 Å². The molecular weight excluding hydrogens is 253 g/mol. The molecule has 0 radical (unpaired) electrons. The first-order valence-corrected chi connectivity index (χ1v) is 7.29. The van der Waals surface area contributed by atoms with Crippen molar-refractivity contribution in [3.63, 3.8) is 0 Å². The van der Waals surface area contributed by atoms with Crippen molar-refractivity contribution in [2.24, 2.45) is 5.92 Å². The van der Waals surface area contributed by atoms with Crippen molar-refractivity contribution in [3.05, 3.63) is 35.1 Å². The van der Waals surface area contributed by atoms with Gasteiger partial charge in [0.05, 0.1) is 6.61 Å². The van der Waals surface area contributed by atoms with Gasteiger partial charge in [0.1, 0.15) is 5.82 Å². The highest BCUT2D eigenvalue weighted by atomic mass is 19.1. The van der Waals surface area contributed by atoms with Crippen molar-refractivity contribution in [2.75, 3.05) is 19.7 Å². The van der Waals surface area contributed by atoms with Crippen LogP contribution in [0.15, 0.2) is 18.2 Å². The van der Waals surface area contributed by atoms with Gasteiger partial charge in [0, 0.05) is 18.5 Å². The summed E-state index contributed by atoms with van der Waals surface area (Å²) < 4.78 is 13.6. The molecule has 20 heavy (non-hydrogen) atoms. The molecule has 1 aliphatic heterocycles. The normalized spacial score (nSPS) is 16.8. The van der Waals surface area contributed by atoms with Crippen molar-refractivity contribution in [3.8, 4) is 11.8 Å². The standard InChI is InChI=1S/C17H22FNO/c1-14-5-7-19(8-6-14)13-16-10-15(4-2-3-9-20)11-17(18)12-16/h10-12,14,20H,3,5-9,13H2,1H3. The van der Waals surface area contributed by atoms with E-state index in [-0.39, 0.29) is 12.4 Å². The molecule has 0 aromatic heterocycles. The first-order chi connectivity index (χ1) is 9.67. The number of likely N-dealkylation sites (tertiary alicyclic amines) is 1. The summed E-state index contributed by atoms with van der Waals surface area (Å²) in [5.41, 5.74) is 1.67. The molecule has 0 aliphatic carbocycles. The Labute approximate surface area is 120 Å². The fourth-order valence-corrected chi connectivity index (χ4v) is 2.51. The molecule has 1 aromatic carbocycles. The van der Waals surface area contributed by atoms with Crippen LogP contribution in [0.4, 0.5) is 4.39 Å². The van der Waals surface area contributed by atoms with E-state index in [0.29, 0.717) is 12.0 Å². The lowest BCUT2D eigenvalue weighted by atomic mass is 9.98. The van der Waals surface area contributed by atoms with Crippen LogP contribution in [0.1, 0.15) is 37.3 Å². The summed E-state index contributed by atoms with van der Waals surface area (Å²) in [5, 5.41) is 8.71. The topological polar surface area (TPSA) is 23.5 Å². The Balaban J connectivity index is 2.02. The number of benzene rings is 1. The summed E-state index contributed by atoms with van der Waals surface area (Å²) in [6.45, 7) is 5.29. The number of piperidine rings is 1. The highest BCUT2D eigenvalue weighted by Gasteiger charge is 2.15. The fraction of sp³-hybridized carbons (Fsp3) is 0.529. The molecule has 0 unspecified atom stereocenters. The zero-order valence-corrected chi connectivity index (χ0v) is 12.0. The first-order valence-electron chi connectivity index (χ1n) is 7.29. The van der Waals surface area contributed by atoms with Crippen molar-refractivity contribution < 1.29 is 9.50 Å².